The Morgan fingerprint density at radius 2 is 2.12 bits per heavy atom. The molecular formula is C13H25NO2. The highest BCUT2D eigenvalue weighted by atomic mass is 16.5. The van der Waals surface area contributed by atoms with E-state index in [9.17, 15) is 4.79 Å². The van der Waals surface area contributed by atoms with Crippen molar-refractivity contribution in [3.63, 3.8) is 0 Å². The lowest BCUT2D eigenvalue weighted by molar-refractivity contribution is -0.149. The number of hydrogen-bond donors (Lipinski definition) is 1. The molecule has 0 radical (unpaired) electrons. The largest absolute Gasteiger partial charge is 0.465 e. The molecule has 2 N–H and O–H groups in total. The van der Waals surface area contributed by atoms with E-state index in [0.717, 1.165) is 32.1 Å². The standard InChI is InChI=1S/C13H25NO2/c1-2-3-4-5-9-16-13(15)12-8-6-7-11(12)10-14/h11-12H,2-10,14H2,1H3. The molecule has 1 saturated carbocycles. The van der Waals surface area contributed by atoms with E-state index in [-0.39, 0.29) is 11.9 Å². The highest BCUT2D eigenvalue weighted by Crippen LogP contribution is 2.31. The molecule has 0 aromatic carbocycles. The van der Waals surface area contributed by atoms with Crippen LogP contribution in [0.2, 0.25) is 0 Å². The summed E-state index contributed by atoms with van der Waals surface area (Å²) in [6.45, 7) is 3.39. The topological polar surface area (TPSA) is 52.3 Å². The fourth-order valence-electron chi connectivity index (χ4n) is 2.44. The molecule has 1 aliphatic rings. The van der Waals surface area contributed by atoms with Gasteiger partial charge in [0.2, 0.25) is 0 Å². The summed E-state index contributed by atoms with van der Waals surface area (Å²) in [5.74, 6) is 0.434. The van der Waals surface area contributed by atoms with Crippen molar-refractivity contribution in [1.29, 1.82) is 0 Å². The second kappa shape index (κ2) is 7.66. The number of ether oxygens (including phenoxy) is 1. The van der Waals surface area contributed by atoms with Crippen molar-refractivity contribution in [1.82, 2.24) is 0 Å². The summed E-state index contributed by atoms with van der Waals surface area (Å²) in [7, 11) is 0. The molecule has 0 aliphatic heterocycles. The van der Waals surface area contributed by atoms with E-state index in [1.54, 1.807) is 0 Å². The van der Waals surface area contributed by atoms with Gasteiger partial charge in [-0.15, -0.1) is 0 Å². The minimum absolute atomic E-state index is 0.00977. The van der Waals surface area contributed by atoms with E-state index in [1.807, 2.05) is 0 Å². The normalized spacial score (nSPS) is 24.6. The number of esters is 1. The van der Waals surface area contributed by atoms with Crippen LogP contribution in [0.15, 0.2) is 0 Å². The fraction of sp³-hybridized carbons (Fsp3) is 0.923. The number of unbranched alkanes of at least 4 members (excludes halogenated alkanes) is 3. The van der Waals surface area contributed by atoms with Crippen LogP contribution >= 0.6 is 0 Å². The van der Waals surface area contributed by atoms with Crippen LogP contribution in [0.5, 0.6) is 0 Å². The maximum atomic E-state index is 11.8. The molecule has 0 saturated heterocycles. The third-order valence-corrected chi connectivity index (χ3v) is 3.51. The minimum atomic E-state index is -0.00977. The average molecular weight is 227 g/mol. The van der Waals surface area contributed by atoms with E-state index in [4.69, 9.17) is 10.5 Å². The first kappa shape index (κ1) is 13.5. The number of carbonyl (C=O) groups is 1. The maximum Gasteiger partial charge on any atom is 0.309 e. The highest BCUT2D eigenvalue weighted by Gasteiger charge is 2.32. The van der Waals surface area contributed by atoms with Crippen LogP contribution in [-0.4, -0.2) is 19.1 Å². The van der Waals surface area contributed by atoms with Crippen molar-refractivity contribution in [2.75, 3.05) is 13.2 Å². The first-order valence-corrected chi connectivity index (χ1v) is 6.66. The van der Waals surface area contributed by atoms with Gasteiger partial charge in [-0.3, -0.25) is 4.79 Å². The monoisotopic (exact) mass is 227 g/mol. The Morgan fingerprint density at radius 1 is 1.31 bits per heavy atom. The highest BCUT2D eigenvalue weighted by molar-refractivity contribution is 5.73. The molecule has 0 aromatic heterocycles. The minimum Gasteiger partial charge on any atom is -0.465 e. The predicted molar refractivity (Wildman–Crippen MR) is 65.0 cm³/mol. The van der Waals surface area contributed by atoms with Gasteiger partial charge >= 0.3 is 5.97 Å². The van der Waals surface area contributed by atoms with Gasteiger partial charge in [0, 0.05) is 0 Å². The Kier molecular flexibility index (Phi) is 6.46. The van der Waals surface area contributed by atoms with Gasteiger partial charge in [0.25, 0.3) is 0 Å². The van der Waals surface area contributed by atoms with Crippen LogP contribution in [0, 0.1) is 11.8 Å². The fourth-order valence-corrected chi connectivity index (χ4v) is 2.44. The Hall–Kier alpha value is -0.570. The summed E-state index contributed by atoms with van der Waals surface area (Å²) in [6.07, 6.45) is 7.78. The van der Waals surface area contributed by atoms with Crippen molar-refractivity contribution < 1.29 is 9.53 Å². The van der Waals surface area contributed by atoms with Gasteiger partial charge < -0.3 is 10.5 Å². The van der Waals surface area contributed by atoms with E-state index >= 15 is 0 Å². The summed E-state index contributed by atoms with van der Waals surface area (Å²) in [6, 6.07) is 0. The van der Waals surface area contributed by atoms with Crippen molar-refractivity contribution >= 4 is 5.97 Å². The molecule has 0 bridgehead atoms. The summed E-state index contributed by atoms with van der Waals surface area (Å²) < 4.78 is 5.31. The van der Waals surface area contributed by atoms with Crippen molar-refractivity contribution in [2.24, 2.45) is 17.6 Å². The second-order valence-electron chi connectivity index (χ2n) is 4.76. The summed E-state index contributed by atoms with van der Waals surface area (Å²) in [5.41, 5.74) is 5.65. The average Bonchev–Trinajstić information content (AvgIpc) is 2.76. The molecule has 3 nitrogen and oxygen atoms in total. The van der Waals surface area contributed by atoms with E-state index in [0.29, 0.717) is 19.1 Å². The molecule has 16 heavy (non-hydrogen) atoms. The SMILES string of the molecule is CCCCCCOC(=O)C1CCCC1CN. The zero-order valence-electron chi connectivity index (χ0n) is 10.4. The van der Waals surface area contributed by atoms with Crippen LogP contribution < -0.4 is 5.73 Å². The lowest BCUT2D eigenvalue weighted by Crippen LogP contribution is -2.27. The molecule has 3 heteroatoms. The Labute approximate surface area is 98.7 Å². The summed E-state index contributed by atoms with van der Waals surface area (Å²) >= 11 is 0. The Morgan fingerprint density at radius 3 is 2.81 bits per heavy atom. The molecule has 0 heterocycles. The third-order valence-electron chi connectivity index (χ3n) is 3.51. The molecule has 0 amide bonds. The molecule has 0 aromatic rings. The van der Waals surface area contributed by atoms with Crippen molar-refractivity contribution in [2.45, 2.75) is 51.9 Å². The molecule has 1 rings (SSSR count). The van der Waals surface area contributed by atoms with Gasteiger partial charge in [0.1, 0.15) is 0 Å². The van der Waals surface area contributed by atoms with E-state index in [2.05, 4.69) is 6.92 Å². The van der Waals surface area contributed by atoms with Gasteiger partial charge in [-0.1, -0.05) is 32.6 Å². The van der Waals surface area contributed by atoms with Crippen molar-refractivity contribution in [3.05, 3.63) is 0 Å². The number of nitrogens with two attached hydrogens (primary N) is 1. The Bertz CT molecular complexity index is 206. The summed E-state index contributed by atoms with van der Waals surface area (Å²) in [5, 5.41) is 0. The van der Waals surface area contributed by atoms with Gasteiger partial charge in [-0.05, 0) is 31.7 Å². The molecule has 2 atom stereocenters. The molecule has 94 valence electrons. The first-order valence-electron chi connectivity index (χ1n) is 6.66. The van der Waals surface area contributed by atoms with Gasteiger partial charge in [-0.25, -0.2) is 0 Å². The third kappa shape index (κ3) is 4.12. The van der Waals surface area contributed by atoms with Crippen molar-refractivity contribution in [3.8, 4) is 0 Å². The van der Waals surface area contributed by atoms with Crippen LogP contribution in [0.4, 0.5) is 0 Å². The second-order valence-corrected chi connectivity index (χ2v) is 4.76. The van der Waals surface area contributed by atoms with Crippen LogP contribution in [0.1, 0.15) is 51.9 Å². The van der Waals surface area contributed by atoms with Crippen LogP contribution in [0.3, 0.4) is 0 Å². The van der Waals surface area contributed by atoms with Crippen LogP contribution in [0.25, 0.3) is 0 Å². The smallest absolute Gasteiger partial charge is 0.309 e. The van der Waals surface area contributed by atoms with Gasteiger partial charge in [0.15, 0.2) is 0 Å². The zero-order chi connectivity index (χ0) is 11.8. The molecule has 1 aliphatic carbocycles. The number of rotatable bonds is 7. The first-order chi connectivity index (χ1) is 7.79. The molecular weight excluding hydrogens is 202 g/mol. The van der Waals surface area contributed by atoms with E-state index < -0.39 is 0 Å². The quantitative estimate of drug-likeness (QED) is 0.537. The number of carbonyl (C=O) groups excluding carboxylic acids is 1. The lowest BCUT2D eigenvalue weighted by atomic mass is 9.96. The van der Waals surface area contributed by atoms with Gasteiger partial charge in [0.05, 0.1) is 12.5 Å². The maximum absolute atomic E-state index is 11.8. The lowest BCUT2D eigenvalue weighted by Gasteiger charge is -2.16. The van der Waals surface area contributed by atoms with E-state index in [1.165, 1.54) is 12.8 Å². The molecule has 0 spiro atoms. The predicted octanol–water partition coefficient (Wildman–Crippen LogP) is 2.48. The van der Waals surface area contributed by atoms with Crippen LogP contribution in [-0.2, 0) is 9.53 Å². The number of hydrogen-bond acceptors (Lipinski definition) is 3. The van der Waals surface area contributed by atoms with Gasteiger partial charge in [-0.2, -0.15) is 0 Å². The zero-order valence-corrected chi connectivity index (χ0v) is 10.4. The molecule has 2 unspecified atom stereocenters. The Balaban J connectivity index is 2.14. The molecule has 1 fully saturated rings. The summed E-state index contributed by atoms with van der Waals surface area (Å²) in [4.78, 5) is 11.8.